The third-order valence-corrected chi connectivity index (χ3v) is 4.26. The summed E-state index contributed by atoms with van der Waals surface area (Å²) in [4.78, 5) is 10.9. The van der Waals surface area contributed by atoms with E-state index < -0.39 is 0 Å². The van der Waals surface area contributed by atoms with Crippen LogP contribution < -0.4 is 24.0 Å². The number of methoxy groups -OCH3 is 1. The van der Waals surface area contributed by atoms with E-state index in [1.807, 2.05) is 0 Å². The zero-order valence-corrected chi connectivity index (χ0v) is 15.9. The van der Waals surface area contributed by atoms with E-state index >= 15 is 0 Å². The third-order valence-electron chi connectivity index (χ3n) is 4.26. The second-order valence-corrected chi connectivity index (χ2v) is 6.41. The molecule has 1 unspecified atom stereocenters. The molecule has 0 rings (SSSR count). The standard InChI is InChI=1S/C19H37O3.Li/c1-3-4-5-12-15-18(20)16-13-10-8-6-7-9-11-14-17-19(21)22-2;/h18H,3-17H2,1-2H3;/q-1;+1. The number of esters is 1. The first kappa shape index (κ1) is 25.3. The van der Waals surface area contributed by atoms with Crippen molar-refractivity contribution in [2.45, 2.75) is 109 Å². The van der Waals surface area contributed by atoms with E-state index in [4.69, 9.17) is 0 Å². The first-order valence-electron chi connectivity index (χ1n) is 9.43. The number of unbranched alkanes of at least 4 members (excludes halogenated alkanes) is 10. The molecule has 0 saturated carbocycles. The van der Waals surface area contributed by atoms with Crippen molar-refractivity contribution in [2.75, 3.05) is 7.11 Å². The van der Waals surface area contributed by atoms with Gasteiger partial charge in [-0.05, 0) is 6.42 Å². The maximum Gasteiger partial charge on any atom is 1.00 e. The van der Waals surface area contributed by atoms with Gasteiger partial charge in [0.1, 0.15) is 0 Å². The minimum atomic E-state index is -0.324. The van der Waals surface area contributed by atoms with Gasteiger partial charge in [-0.25, -0.2) is 0 Å². The van der Waals surface area contributed by atoms with Gasteiger partial charge in [-0.15, -0.1) is 6.10 Å². The zero-order valence-electron chi connectivity index (χ0n) is 15.9. The van der Waals surface area contributed by atoms with E-state index in [1.165, 1.54) is 58.5 Å². The molecule has 0 N–H and O–H groups in total. The summed E-state index contributed by atoms with van der Waals surface area (Å²) >= 11 is 0. The topological polar surface area (TPSA) is 49.4 Å². The van der Waals surface area contributed by atoms with Crippen molar-refractivity contribution in [3.8, 4) is 0 Å². The van der Waals surface area contributed by atoms with E-state index in [2.05, 4.69) is 11.7 Å². The maximum absolute atomic E-state index is 11.7. The van der Waals surface area contributed by atoms with E-state index in [0.29, 0.717) is 6.42 Å². The van der Waals surface area contributed by atoms with Crippen molar-refractivity contribution in [1.29, 1.82) is 0 Å². The largest absolute Gasteiger partial charge is 1.00 e. The minimum absolute atomic E-state index is 0. The van der Waals surface area contributed by atoms with Gasteiger partial charge < -0.3 is 9.84 Å². The summed E-state index contributed by atoms with van der Waals surface area (Å²) in [6.45, 7) is 2.20. The average molecular weight is 320 g/mol. The second kappa shape index (κ2) is 20.1. The normalized spacial score (nSPS) is 11.8. The molecule has 3 nitrogen and oxygen atoms in total. The predicted octanol–water partition coefficient (Wildman–Crippen LogP) is 1.76. The number of carbonyl (C=O) groups excluding carboxylic acids is 1. The summed E-state index contributed by atoms with van der Waals surface area (Å²) in [5.74, 6) is -0.0955. The molecule has 0 fully saturated rings. The fraction of sp³-hybridized carbons (Fsp3) is 0.947. The van der Waals surface area contributed by atoms with Gasteiger partial charge in [0.2, 0.25) is 0 Å². The van der Waals surface area contributed by atoms with Crippen molar-refractivity contribution in [2.24, 2.45) is 0 Å². The van der Waals surface area contributed by atoms with Crippen LogP contribution in [0.2, 0.25) is 0 Å². The molecule has 4 heteroatoms. The molecule has 0 bridgehead atoms. The number of ether oxygens (including phenoxy) is 1. The summed E-state index contributed by atoms with van der Waals surface area (Å²) in [7, 11) is 1.44. The van der Waals surface area contributed by atoms with E-state index in [1.54, 1.807) is 0 Å². The summed E-state index contributed by atoms with van der Waals surface area (Å²) < 4.78 is 4.61. The quantitative estimate of drug-likeness (QED) is 0.247. The van der Waals surface area contributed by atoms with Gasteiger partial charge in [-0.2, -0.15) is 0 Å². The van der Waals surface area contributed by atoms with E-state index in [-0.39, 0.29) is 30.9 Å². The molecule has 0 saturated heterocycles. The minimum Gasteiger partial charge on any atom is -0.852 e. The summed E-state index contributed by atoms with van der Waals surface area (Å²) in [5.41, 5.74) is 0. The molecule has 0 radical (unpaired) electrons. The summed E-state index contributed by atoms with van der Waals surface area (Å²) in [5, 5.41) is 11.7. The molecule has 0 heterocycles. The van der Waals surface area contributed by atoms with Gasteiger partial charge in [0.25, 0.3) is 0 Å². The van der Waals surface area contributed by atoms with Crippen LogP contribution >= 0.6 is 0 Å². The Bertz CT molecular complexity index is 247. The molecule has 0 aliphatic carbocycles. The SMILES string of the molecule is CCCCCCC([O-])CCCCCCCCCCC(=O)OC.[Li+]. The number of carbonyl (C=O) groups is 1. The maximum atomic E-state index is 11.7. The molecule has 0 aromatic heterocycles. The Morgan fingerprint density at radius 2 is 1.26 bits per heavy atom. The second-order valence-electron chi connectivity index (χ2n) is 6.41. The predicted molar refractivity (Wildman–Crippen MR) is 90.7 cm³/mol. The molecule has 0 amide bonds. The number of hydrogen-bond donors (Lipinski definition) is 0. The Hall–Kier alpha value is 0.0274. The average Bonchev–Trinajstić information content (AvgIpc) is 2.53. The molecule has 0 aliphatic rings. The van der Waals surface area contributed by atoms with Crippen molar-refractivity contribution >= 4 is 5.97 Å². The van der Waals surface area contributed by atoms with Gasteiger partial charge in [0.15, 0.2) is 0 Å². The molecule has 23 heavy (non-hydrogen) atoms. The van der Waals surface area contributed by atoms with Crippen LogP contribution in [0.15, 0.2) is 0 Å². The smallest absolute Gasteiger partial charge is 0.852 e. The van der Waals surface area contributed by atoms with Crippen LogP contribution in [-0.2, 0) is 9.53 Å². The van der Waals surface area contributed by atoms with Crippen LogP contribution in [0.4, 0.5) is 0 Å². The molecule has 0 aromatic rings. The Kier molecular flexibility index (Phi) is 22.1. The van der Waals surface area contributed by atoms with Crippen LogP contribution in [0.3, 0.4) is 0 Å². The Morgan fingerprint density at radius 3 is 1.74 bits per heavy atom. The molecular weight excluding hydrogens is 283 g/mol. The zero-order chi connectivity index (χ0) is 16.5. The van der Waals surface area contributed by atoms with Gasteiger partial charge in [0, 0.05) is 6.42 Å². The monoisotopic (exact) mass is 320 g/mol. The van der Waals surface area contributed by atoms with E-state index in [9.17, 15) is 9.90 Å². The Balaban J connectivity index is 0. The summed E-state index contributed by atoms with van der Waals surface area (Å²) in [6.07, 6.45) is 16.2. The molecular formula is C19H37LiO3. The Morgan fingerprint density at radius 1 is 0.826 bits per heavy atom. The van der Waals surface area contributed by atoms with Crippen molar-refractivity contribution in [1.82, 2.24) is 0 Å². The number of hydrogen-bond acceptors (Lipinski definition) is 3. The van der Waals surface area contributed by atoms with Crippen molar-refractivity contribution < 1.29 is 33.5 Å². The van der Waals surface area contributed by atoms with Gasteiger partial charge in [-0.3, -0.25) is 4.79 Å². The van der Waals surface area contributed by atoms with Crippen LogP contribution in [-0.4, -0.2) is 19.2 Å². The first-order chi connectivity index (χ1) is 10.7. The molecule has 1 atom stereocenters. The number of rotatable bonds is 16. The van der Waals surface area contributed by atoms with Crippen LogP contribution in [0.25, 0.3) is 0 Å². The van der Waals surface area contributed by atoms with Crippen LogP contribution in [0.1, 0.15) is 103 Å². The van der Waals surface area contributed by atoms with E-state index in [0.717, 1.165) is 38.5 Å². The molecule has 132 valence electrons. The fourth-order valence-electron chi connectivity index (χ4n) is 2.75. The first-order valence-corrected chi connectivity index (χ1v) is 9.43. The molecule has 0 aromatic carbocycles. The molecule has 0 spiro atoms. The van der Waals surface area contributed by atoms with Crippen molar-refractivity contribution in [3.63, 3.8) is 0 Å². The molecule has 0 aliphatic heterocycles. The van der Waals surface area contributed by atoms with Crippen molar-refractivity contribution in [3.05, 3.63) is 0 Å². The summed E-state index contributed by atoms with van der Waals surface area (Å²) in [6, 6.07) is 0. The van der Waals surface area contributed by atoms with Gasteiger partial charge in [-0.1, -0.05) is 90.4 Å². The Labute approximate surface area is 156 Å². The van der Waals surface area contributed by atoms with Gasteiger partial charge in [0.05, 0.1) is 7.11 Å². The third kappa shape index (κ3) is 20.0. The van der Waals surface area contributed by atoms with Crippen LogP contribution in [0.5, 0.6) is 0 Å². The van der Waals surface area contributed by atoms with Crippen LogP contribution in [0, 0.1) is 0 Å². The van der Waals surface area contributed by atoms with Gasteiger partial charge >= 0.3 is 24.8 Å². The fourth-order valence-corrected chi connectivity index (χ4v) is 2.75.